The molecule has 22 heavy (non-hydrogen) atoms. The Morgan fingerprint density at radius 1 is 0.955 bits per heavy atom. The van der Waals surface area contributed by atoms with E-state index in [9.17, 15) is 0 Å². The summed E-state index contributed by atoms with van der Waals surface area (Å²) in [6.45, 7) is 0. The Hall–Kier alpha value is -3.21. The minimum absolute atomic E-state index is 0.590. The monoisotopic (exact) mass is 286 g/mol. The lowest BCUT2D eigenvalue weighted by atomic mass is 10.1. The maximum atomic E-state index is 5.97. The predicted octanol–water partition coefficient (Wildman–Crippen LogP) is 3.69. The number of furan rings is 1. The Kier molecular flexibility index (Phi) is 2.16. The summed E-state index contributed by atoms with van der Waals surface area (Å²) < 4.78 is 7.71. The molecular weight excluding hydrogens is 276 g/mol. The molecule has 0 amide bonds. The maximum absolute atomic E-state index is 5.97. The van der Waals surface area contributed by atoms with Gasteiger partial charge in [-0.25, -0.2) is 9.97 Å². The summed E-state index contributed by atoms with van der Waals surface area (Å²) >= 11 is 0. The molecule has 2 aromatic carbocycles. The summed E-state index contributed by atoms with van der Waals surface area (Å²) in [5, 5.41) is 5.28. The SMILES string of the molecule is c1ccc(-c2cc3c(ccc4c3nc3nccnn34)o2)cc1. The second kappa shape index (κ2) is 4.14. The fourth-order valence-corrected chi connectivity index (χ4v) is 2.77. The molecule has 3 heterocycles. The summed E-state index contributed by atoms with van der Waals surface area (Å²) in [5.74, 6) is 1.42. The fourth-order valence-electron chi connectivity index (χ4n) is 2.77. The molecule has 5 heteroatoms. The lowest BCUT2D eigenvalue weighted by Gasteiger charge is -1.93. The standard InChI is InChI=1S/C17H10N4O/c1-2-4-11(5-3-1)15-10-12-14(22-15)7-6-13-16(12)20-17-18-8-9-19-21(13)17/h1-10H. The van der Waals surface area contributed by atoms with Crippen molar-refractivity contribution in [3.05, 3.63) is 60.9 Å². The molecule has 0 fully saturated rings. The first-order chi connectivity index (χ1) is 10.9. The summed E-state index contributed by atoms with van der Waals surface area (Å²) in [6.07, 6.45) is 3.30. The molecule has 0 N–H and O–H groups in total. The van der Waals surface area contributed by atoms with Crippen LogP contribution in [-0.2, 0) is 0 Å². The van der Waals surface area contributed by atoms with Crippen LogP contribution >= 0.6 is 0 Å². The second-order valence-corrected chi connectivity index (χ2v) is 5.09. The third-order valence-corrected chi connectivity index (χ3v) is 3.78. The molecule has 0 aliphatic rings. The van der Waals surface area contributed by atoms with Crippen molar-refractivity contribution in [1.29, 1.82) is 0 Å². The molecule has 104 valence electrons. The summed E-state index contributed by atoms with van der Waals surface area (Å²) in [6, 6.07) is 16.0. The van der Waals surface area contributed by atoms with Gasteiger partial charge in [-0.15, -0.1) is 0 Å². The van der Waals surface area contributed by atoms with Crippen molar-refractivity contribution < 1.29 is 4.42 Å². The van der Waals surface area contributed by atoms with Gasteiger partial charge in [0.05, 0.1) is 17.9 Å². The summed E-state index contributed by atoms with van der Waals surface area (Å²) in [7, 11) is 0. The van der Waals surface area contributed by atoms with Gasteiger partial charge in [0.25, 0.3) is 5.78 Å². The van der Waals surface area contributed by atoms with E-state index < -0.39 is 0 Å². The Bertz CT molecular complexity index is 1120. The third kappa shape index (κ3) is 1.50. The zero-order valence-electron chi connectivity index (χ0n) is 11.5. The summed E-state index contributed by atoms with van der Waals surface area (Å²) in [4.78, 5) is 8.83. The number of hydrogen-bond donors (Lipinski definition) is 0. The van der Waals surface area contributed by atoms with Gasteiger partial charge in [0.15, 0.2) is 0 Å². The first-order valence-electron chi connectivity index (χ1n) is 6.97. The van der Waals surface area contributed by atoms with Crippen LogP contribution in [0.2, 0.25) is 0 Å². The van der Waals surface area contributed by atoms with Gasteiger partial charge in [-0.2, -0.15) is 9.61 Å². The van der Waals surface area contributed by atoms with E-state index in [1.54, 1.807) is 16.9 Å². The lowest BCUT2D eigenvalue weighted by molar-refractivity contribution is 0.632. The lowest BCUT2D eigenvalue weighted by Crippen LogP contribution is -1.91. The molecule has 0 radical (unpaired) electrons. The molecule has 5 rings (SSSR count). The highest BCUT2D eigenvalue weighted by molar-refractivity contribution is 6.04. The van der Waals surface area contributed by atoms with Gasteiger partial charge in [-0.3, -0.25) is 0 Å². The quantitative estimate of drug-likeness (QED) is 0.471. The number of imidazole rings is 1. The molecule has 0 atom stereocenters. The number of hydrogen-bond acceptors (Lipinski definition) is 4. The van der Waals surface area contributed by atoms with Crippen molar-refractivity contribution in [2.24, 2.45) is 0 Å². The van der Waals surface area contributed by atoms with Gasteiger partial charge < -0.3 is 4.42 Å². The summed E-state index contributed by atoms with van der Waals surface area (Å²) in [5.41, 5.74) is 3.65. The smallest absolute Gasteiger partial charge is 0.251 e. The van der Waals surface area contributed by atoms with Crippen LogP contribution in [0.3, 0.4) is 0 Å². The average molecular weight is 286 g/mol. The van der Waals surface area contributed by atoms with Crippen LogP contribution < -0.4 is 0 Å². The second-order valence-electron chi connectivity index (χ2n) is 5.09. The molecule has 5 aromatic rings. The van der Waals surface area contributed by atoms with Crippen molar-refractivity contribution in [3.63, 3.8) is 0 Å². The van der Waals surface area contributed by atoms with Crippen LogP contribution in [0, 0.1) is 0 Å². The van der Waals surface area contributed by atoms with Crippen molar-refractivity contribution >= 4 is 27.8 Å². The fraction of sp³-hybridized carbons (Fsp3) is 0. The van der Waals surface area contributed by atoms with Crippen molar-refractivity contribution in [1.82, 2.24) is 19.6 Å². The normalized spacial score (nSPS) is 11.6. The first-order valence-corrected chi connectivity index (χ1v) is 6.97. The molecule has 0 saturated carbocycles. The molecule has 0 bridgehead atoms. The zero-order valence-corrected chi connectivity index (χ0v) is 11.5. The van der Waals surface area contributed by atoms with Crippen LogP contribution in [0.25, 0.3) is 39.1 Å². The Balaban J connectivity index is 1.87. The highest BCUT2D eigenvalue weighted by Crippen LogP contribution is 2.32. The highest BCUT2D eigenvalue weighted by atomic mass is 16.3. The van der Waals surface area contributed by atoms with E-state index in [0.717, 1.165) is 33.3 Å². The van der Waals surface area contributed by atoms with Crippen molar-refractivity contribution in [2.45, 2.75) is 0 Å². The molecule has 0 aliphatic carbocycles. The van der Waals surface area contributed by atoms with E-state index >= 15 is 0 Å². The van der Waals surface area contributed by atoms with Gasteiger partial charge in [-0.05, 0) is 18.2 Å². The Morgan fingerprint density at radius 3 is 2.77 bits per heavy atom. The van der Waals surface area contributed by atoms with Gasteiger partial charge in [0.1, 0.15) is 16.9 Å². The van der Waals surface area contributed by atoms with E-state index in [1.165, 1.54) is 0 Å². The first kappa shape index (κ1) is 11.4. The maximum Gasteiger partial charge on any atom is 0.251 e. The molecule has 3 aromatic heterocycles. The number of rotatable bonds is 1. The van der Waals surface area contributed by atoms with Crippen LogP contribution in [-0.4, -0.2) is 19.6 Å². The topological polar surface area (TPSA) is 56.2 Å². The van der Waals surface area contributed by atoms with E-state index in [-0.39, 0.29) is 0 Å². The number of benzene rings is 2. The van der Waals surface area contributed by atoms with Crippen molar-refractivity contribution in [3.8, 4) is 11.3 Å². The van der Waals surface area contributed by atoms with Gasteiger partial charge >= 0.3 is 0 Å². The largest absolute Gasteiger partial charge is 0.456 e. The minimum Gasteiger partial charge on any atom is -0.456 e. The molecular formula is C17H10N4O. The Morgan fingerprint density at radius 2 is 1.86 bits per heavy atom. The van der Waals surface area contributed by atoms with E-state index in [1.807, 2.05) is 48.5 Å². The Labute approximate surface area is 124 Å². The van der Waals surface area contributed by atoms with Crippen LogP contribution in [0.4, 0.5) is 0 Å². The molecule has 0 spiro atoms. The van der Waals surface area contributed by atoms with Crippen molar-refractivity contribution in [2.75, 3.05) is 0 Å². The van der Waals surface area contributed by atoms with E-state index in [4.69, 9.17) is 4.42 Å². The van der Waals surface area contributed by atoms with Crippen LogP contribution in [0.1, 0.15) is 0 Å². The number of nitrogens with zero attached hydrogens (tertiary/aromatic N) is 4. The molecule has 5 nitrogen and oxygen atoms in total. The van der Waals surface area contributed by atoms with Gasteiger partial charge in [-0.1, -0.05) is 30.3 Å². The predicted molar refractivity (Wildman–Crippen MR) is 83.5 cm³/mol. The minimum atomic E-state index is 0.590. The highest BCUT2D eigenvalue weighted by Gasteiger charge is 2.13. The third-order valence-electron chi connectivity index (χ3n) is 3.78. The van der Waals surface area contributed by atoms with Crippen LogP contribution in [0.5, 0.6) is 0 Å². The van der Waals surface area contributed by atoms with Crippen LogP contribution in [0.15, 0.2) is 65.3 Å². The van der Waals surface area contributed by atoms with Gasteiger partial charge in [0.2, 0.25) is 0 Å². The molecule has 0 saturated heterocycles. The molecule has 0 aliphatic heterocycles. The zero-order chi connectivity index (χ0) is 14.5. The number of aromatic nitrogens is 4. The number of fused-ring (bicyclic) bond motifs is 5. The average Bonchev–Trinajstić information content (AvgIpc) is 3.16. The molecule has 0 unspecified atom stereocenters. The van der Waals surface area contributed by atoms with E-state index in [0.29, 0.717) is 5.78 Å². The van der Waals surface area contributed by atoms with E-state index in [2.05, 4.69) is 15.1 Å². The van der Waals surface area contributed by atoms with Gasteiger partial charge in [0, 0.05) is 10.9 Å².